The van der Waals surface area contributed by atoms with Crippen molar-refractivity contribution in [2.45, 2.75) is 5.38 Å². The highest BCUT2D eigenvalue weighted by atomic mass is 35.5. The van der Waals surface area contributed by atoms with Crippen LogP contribution in [0.5, 0.6) is 0 Å². The molecule has 0 N–H and O–H groups in total. The first-order valence-electron chi connectivity index (χ1n) is 3.67. The molecule has 0 aromatic heterocycles. The number of benzene rings is 1. The van der Waals surface area contributed by atoms with E-state index in [0.29, 0.717) is 11.6 Å². The molecule has 0 fully saturated rings. The van der Waals surface area contributed by atoms with Gasteiger partial charge >= 0.3 is 0 Å². The maximum Gasteiger partial charge on any atom is 0.0788 e. The van der Waals surface area contributed by atoms with Crippen molar-refractivity contribution < 1.29 is 0 Å². The molecule has 0 radical (unpaired) electrons. The van der Waals surface area contributed by atoms with Crippen LogP contribution >= 0.6 is 35.4 Å². The molecule has 0 aliphatic carbocycles. The largest absolute Gasteiger partial charge is 0.231 e. The predicted octanol–water partition coefficient (Wildman–Crippen LogP) is 3.72. The number of hydrogen-bond acceptors (Lipinski definition) is 2. The van der Waals surface area contributed by atoms with E-state index in [0.717, 1.165) is 5.56 Å². The number of nitrogens with zero attached hydrogens (tertiary/aromatic N) is 1. The Kier molecular flexibility index (Phi) is 4.40. The van der Waals surface area contributed by atoms with Crippen molar-refractivity contribution in [2.75, 3.05) is 6.54 Å². The van der Waals surface area contributed by atoms with Crippen molar-refractivity contribution >= 4 is 40.6 Å². The van der Waals surface area contributed by atoms with Crippen molar-refractivity contribution in [2.24, 2.45) is 4.99 Å². The summed E-state index contributed by atoms with van der Waals surface area (Å²) < 4.78 is 0. The van der Waals surface area contributed by atoms with E-state index in [1.807, 2.05) is 12.1 Å². The Labute approximate surface area is 92.4 Å². The summed E-state index contributed by atoms with van der Waals surface area (Å²) in [6.07, 6.45) is 0. The van der Waals surface area contributed by atoms with Crippen LogP contribution in [-0.2, 0) is 0 Å². The molecular formula is C9H7Cl2NS. The molecule has 1 nitrogen and oxygen atoms in total. The minimum atomic E-state index is -0.160. The van der Waals surface area contributed by atoms with Gasteiger partial charge in [0.2, 0.25) is 0 Å². The van der Waals surface area contributed by atoms with Gasteiger partial charge < -0.3 is 0 Å². The molecule has 68 valence electrons. The van der Waals surface area contributed by atoms with Gasteiger partial charge in [0.1, 0.15) is 0 Å². The summed E-state index contributed by atoms with van der Waals surface area (Å²) in [6.45, 7) is 0.451. The van der Waals surface area contributed by atoms with Crippen LogP contribution in [0, 0.1) is 0 Å². The van der Waals surface area contributed by atoms with Gasteiger partial charge in [0.15, 0.2) is 0 Å². The fraction of sp³-hybridized carbons (Fsp3) is 0.222. The van der Waals surface area contributed by atoms with Crippen LogP contribution in [0.3, 0.4) is 0 Å². The Morgan fingerprint density at radius 3 is 2.54 bits per heavy atom. The minimum Gasteiger partial charge on any atom is -0.231 e. The second-order valence-corrected chi connectivity index (χ2v) is 3.60. The Bertz CT molecular complexity index is 317. The summed E-state index contributed by atoms with van der Waals surface area (Å²) >= 11 is 16.2. The zero-order valence-corrected chi connectivity index (χ0v) is 9.03. The third-order valence-corrected chi connectivity index (χ3v) is 2.32. The lowest BCUT2D eigenvalue weighted by molar-refractivity contribution is 0.938. The molecule has 13 heavy (non-hydrogen) atoms. The maximum atomic E-state index is 6.01. The molecule has 0 saturated carbocycles. The van der Waals surface area contributed by atoms with E-state index in [1.165, 1.54) is 0 Å². The normalized spacial score (nSPS) is 11.8. The summed E-state index contributed by atoms with van der Waals surface area (Å²) in [6, 6.07) is 7.35. The molecular weight excluding hydrogens is 225 g/mol. The van der Waals surface area contributed by atoms with E-state index in [9.17, 15) is 0 Å². The molecule has 0 heterocycles. The zero-order valence-electron chi connectivity index (χ0n) is 6.71. The van der Waals surface area contributed by atoms with Gasteiger partial charge in [-0.05, 0) is 29.9 Å². The van der Waals surface area contributed by atoms with E-state index in [1.54, 1.807) is 12.1 Å². The molecule has 0 bridgehead atoms. The highest BCUT2D eigenvalue weighted by Crippen LogP contribution is 2.22. The number of isothiocyanates is 1. The van der Waals surface area contributed by atoms with Crippen LogP contribution in [0.1, 0.15) is 10.9 Å². The SMILES string of the molecule is S=C=NCC(Cl)c1ccc(Cl)cc1. The first-order chi connectivity index (χ1) is 6.24. The first-order valence-corrected chi connectivity index (χ1v) is 4.89. The lowest BCUT2D eigenvalue weighted by Gasteiger charge is -2.05. The lowest BCUT2D eigenvalue weighted by atomic mass is 10.1. The summed E-state index contributed by atoms with van der Waals surface area (Å²) in [5, 5.41) is 2.82. The zero-order chi connectivity index (χ0) is 9.68. The number of rotatable bonds is 3. The first kappa shape index (κ1) is 10.7. The van der Waals surface area contributed by atoms with Crippen LogP contribution in [0.25, 0.3) is 0 Å². The van der Waals surface area contributed by atoms with Gasteiger partial charge in [-0.2, -0.15) is 0 Å². The number of halogens is 2. The van der Waals surface area contributed by atoms with E-state index in [-0.39, 0.29) is 5.38 Å². The average molecular weight is 232 g/mol. The molecule has 4 heteroatoms. The van der Waals surface area contributed by atoms with Gasteiger partial charge in [0.25, 0.3) is 0 Å². The van der Waals surface area contributed by atoms with E-state index < -0.39 is 0 Å². The average Bonchev–Trinajstić information content (AvgIpc) is 2.15. The monoisotopic (exact) mass is 231 g/mol. The Hall–Kier alpha value is -0.400. The van der Waals surface area contributed by atoms with Crippen LogP contribution < -0.4 is 0 Å². The Morgan fingerprint density at radius 2 is 2.00 bits per heavy atom. The molecule has 0 spiro atoms. The highest BCUT2D eigenvalue weighted by Gasteiger charge is 2.05. The van der Waals surface area contributed by atoms with Gasteiger partial charge in [-0.1, -0.05) is 23.7 Å². The predicted molar refractivity (Wildman–Crippen MR) is 59.9 cm³/mol. The molecule has 0 amide bonds. The lowest BCUT2D eigenvalue weighted by Crippen LogP contribution is -1.93. The van der Waals surface area contributed by atoms with Crippen molar-refractivity contribution in [3.8, 4) is 0 Å². The minimum absolute atomic E-state index is 0.160. The standard InChI is InChI=1S/C9H7Cl2NS/c10-8-3-1-7(2-4-8)9(11)5-12-6-13/h1-4,9H,5H2. The third-order valence-electron chi connectivity index (χ3n) is 1.55. The summed E-state index contributed by atoms with van der Waals surface area (Å²) in [5.41, 5.74) is 0.986. The fourth-order valence-corrected chi connectivity index (χ4v) is 1.31. The van der Waals surface area contributed by atoms with Crippen molar-refractivity contribution in [3.05, 3.63) is 34.9 Å². The molecule has 0 aliphatic heterocycles. The third kappa shape index (κ3) is 3.45. The number of aliphatic imine (C=N–C) groups is 1. The second kappa shape index (κ2) is 5.36. The molecule has 1 aromatic rings. The molecule has 0 aliphatic rings. The van der Waals surface area contributed by atoms with Gasteiger partial charge in [0, 0.05) is 5.02 Å². The molecule has 1 rings (SSSR count). The molecule has 1 atom stereocenters. The van der Waals surface area contributed by atoms with Crippen molar-refractivity contribution in [1.29, 1.82) is 0 Å². The summed E-state index contributed by atoms with van der Waals surface area (Å²) in [4.78, 5) is 3.77. The fourth-order valence-electron chi connectivity index (χ4n) is 0.894. The maximum absolute atomic E-state index is 6.01. The van der Waals surface area contributed by atoms with Crippen LogP contribution in [0.2, 0.25) is 5.02 Å². The molecule has 0 saturated heterocycles. The van der Waals surface area contributed by atoms with Gasteiger partial charge in [-0.15, -0.1) is 11.6 Å². The number of hydrogen-bond donors (Lipinski definition) is 0. The summed E-state index contributed by atoms with van der Waals surface area (Å²) in [5.74, 6) is 0. The van der Waals surface area contributed by atoms with Gasteiger partial charge in [-0.3, -0.25) is 0 Å². The smallest absolute Gasteiger partial charge is 0.0788 e. The van der Waals surface area contributed by atoms with Crippen molar-refractivity contribution in [3.63, 3.8) is 0 Å². The van der Waals surface area contributed by atoms with E-state index in [4.69, 9.17) is 23.2 Å². The molecule has 1 aromatic carbocycles. The van der Waals surface area contributed by atoms with Gasteiger partial charge in [-0.25, -0.2) is 4.99 Å². The number of alkyl halides is 1. The van der Waals surface area contributed by atoms with Gasteiger partial charge in [0.05, 0.1) is 17.1 Å². The van der Waals surface area contributed by atoms with Crippen LogP contribution in [0.4, 0.5) is 0 Å². The van der Waals surface area contributed by atoms with Crippen molar-refractivity contribution in [1.82, 2.24) is 0 Å². The topological polar surface area (TPSA) is 12.4 Å². The van der Waals surface area contributed by atoms with Crippen LogP contribution in [-0.4, -0.2) is 11.7 Å². The van der Waals surface area contributed by atoms with E-state index >= 15 is 0 Å². The highest BCUT2D eigenvalue weighted by molar-refractivity contribution is 7.78. The Morgan fingerprint density at radius 1 is 1.38 bits per heavy atom. The Balaban J connectivity index is 2.71. The number of thiocarbonyl (C=S) groups is 1. The second-order valence-electron chi connectivity index (χ2n) is 2.45. The molecule has 1 unspecified atom stereocenters. The summed E-state index contributed by atoms with van der Waals surface area (Å²) in [7, 11) is 0. The van der Waals surface area contributed by atoms with E-state index in [2.05, 4.69) is 22.4 Å². The van der Waals surface area contributed by atoms with Crippen LogP contribution in [0.15, 0.2) is 29.3 Å². The quantitative estimate of drug-likeness (QED) is 0.439.